The molecule has 0 amide bonds. The Hall–Kier alpha value is -0.910. The topological polar surface area (TPSA) is 42.4 Å². The normalized spacial score (nSPS) is 12.4. The number of hydrogen-bond acceptors (Lipinski definition) is 4. The second-order valence-electron chi connectivity index (χ2n) is 3.57. The smallest absolute Gasteiger partial charge is 0.142 e. The number of aliphatic hydroxyl groups excluding tert-OH is 1. The van der Waals surface area contributed by atoms with Crippen LogP contribution in [0.4, 0.5) is 0 Å². The lowest BCUT2D eigenvalue weighted by molar-refractivity contribution is 0.175. The lowest BCUT2D eigenvalue weighted by atomic mass is 10.1. The van der Waals surface area contributed by atoms with E-state index in [9.17, 15) is 5.11 Å². The first-order valence-corrected chi connectivity index (χ1v) is 6.77. The van der Waals surface area contributed by atoms with Crippen molar-refractivity contribution < 1.29 is 9.84 Å². The number of aromatic nitrogens is 1. The molecule has 90 valence electrons. The van der Waals surface area contributed by atoms with Gasteiger partial charge in [-0.3, -0.25) is 4.98 Å². The van der Waals surface area contributed by atoms with Crippen molar-refractivity contribution in [3.8, 4) is 5.75 Å². The molecule has 0 aliphatic heterocycles. The highest BCUT2D eigenvalue weighted by atomic mass is 79.9. The minimum Gasteiger partial charge on any atom is -0.495 e. The summed E-state index contributed by atoms with van der Waals surface area (Å²) >= 11 is 5.02. The van der Waals surface area contributed by atoms with E-state index in [1.54, 1.807) is 36.9 Å². The van der Waals surface area contributed by atoms with E-state index < -0.39 is 6.10 Å². The van der Waals surface area contributed by atoms with Crippen LogP contribution >= 0.6 is 27.3 Å². The summed E-state index contributed by atoms with van der Waals surface area (Å²) in [5, 5.41) is 12.2. The van der Waals surface area contributed by atoms with Crippen molar-refractivity contribution in [2.45, 2.75) is 12.5 Å². The number of pyridine rings is 1. The van der Waals surface area contributed by atoms with Crippen LogP contribution in [0.5, 0.6) is 5.75 Å². The van der Waals surface area contributed by atoms with Gasteiger partial charge in [-0.15, -0.1) is 11.3 Å². The van der Waals surface area contributed by atoms with Gasteiger partial charge in [0, 0.05) is 32.9 Å². The Morgan fingerprint density at radius 2 is 2.41 bits per heavy atom. The van der Waals surface area contributed by atoms with Crippen molar-refractivity contribution in [2.24, 2.45) is 0 Å². The molecule has 1 N–H and O–H groups in total. The van der Waals surface area contributed by atoms with Crippen LogP contribution in [0.3, 0.4) is 0 Å². The highest BCUT2D eigenvalue weighted by Crippen LogP contribution is 2.29. The van der Waals surface area contributed by atoms with Crippen LogP contribution < -0.4 is 4.74 Å². The van der Waals surface area contributed by atoms with Gasteiger partial charge in [-0.2, -0.15) is 0 Å². The fourth-order valence-corrected chi connectivity index (χ4v) is 3.09. The molecule has 5 heteroatoms. The van der Waals surface area contributed by atoms with E-state index in [4.69, 9.17) is 4.74 Å². The fraction of sp³-hybridized carbons (Fsp3) is 0.250. The first kappa shape index (κ1) is 12.5. The van der Waals surface area contributed by atoms with Crippen molar-refractivity contribution >= 4 is 27.3 Å². The predicted molar refractivity (Wildman–Crippen MR) is 71.5 cm³/mol. The van der Waals surface area contributed by atoms with Gasteiger partial charge >= 0.3 is 0 Å². The molecule has 0 saturated carbocycles. The average molecular weight is 314 g/mol. The van der Waals surface area contributed by atoms with Gasteiger partial charge in [-0.25, -0.2) is 0 Å². The van der Waals surface area contributed by atoms with Crippen molar-refractivity contribution in [2.75, 3.05) is 7.11 Å². The Bertz CT molecular complexity index is 501. The van der Waals surface area contributed by atoms with Crippen LogP contribution in [0.1, 0.15) is 16.5 Å². The molecule has 3 nitrogen and oxygen atoms in total. The minimum absolute atomic E-state index is 0.571. The van der Waals surface area contributed by atoms with Crippen molar-refractivity contribution in [3.63, 3.8) is 0 Å². The number of hydrogen-bond donors (Lipinski definition) is 1. The summed E-state index contributed by atoms with van der Waals surface area (Å²) in [4.78, 5) is 5.10. The molecule has 17 heavy (non-hydrogen) atoms. The molecular weight excluding hydrogens is 302 g/mol. The summed E-state index contributed by atoms with van der Waals surface area (Å²) in [5.41, 5.74) is 0.770. The van der Waals surface area contributed by atoms with Crippen LogP contribution in [0.15, 0.2) is 34.4 Å². The van der Waals surface area contributed by atoms with Crippen LogP contribution in [0, 0.1) is 0 Å². The number of rotatable bonds is 4. The Morgan fingerprint density at radius 1 is 1.59 bits per heavy atom. The molecule has 1 unspecified atom stereocenters. The van der Waals surface area contributed by atoms with Gasteiger partial charge in [0.1, 0.15) is 5.75 Å². The molecule has 1 atom stereocenters. The number of halogens is 1. The van der Waals surface area contributed by atoms with Crippen LogP contribution in [-0.4, -0.2) is 17.2 Å². The Balaban J connectivity index is 2.16. The molecular formula is C12H12BrNO2S. The Morgan fingerprint density at radius 3 is 3.06 bits per heavy atom. The first-order valence-electron chi connectivity index (χ1n) is 5.09. The molecule has 0 aliphatic rings. The SMILES string of the molecule is COc1cnccc1C(O)Cc1cc(Br)cs1. The summed E-state index contributed by atoms with van der Waals surface area (Å²) in [5.74, 6) is 0.621. The largest absolute Gasteiger partial charge is 0.495 e. The summed E-state index contributed by atoms with van der Waals surface area (Å²) in [7, 11) is 1.58. The summed E-state index contributed by atoms with van der Waals surface area (Å²) in [6.07, 6.45) is 3.28. The first-order chi connectivity index (χ1) is 8.20. The zero-order chi connectivity index (χ0) is 12.3. The maximum absolute atomic E-state index is 10.2. The molecule has 2 aromatic rings. The van der Waals surface area contributed by atoms with E-state index >= 15 is 0 Å². The third kappa shape index (κ3) is 3.06. The second-order valence-corrected chi connectivity index (χ2v) is 5.48. The van der Waals surface area contributed by atoms with E-state index in [1.807, 2.05) is 11.4 Å². The lowest BCUT2D eigenvalue weighted by Crippen LogP contribution is -2.03. The number of thiophene rings is 1. The molecule has 0 aromatic carbocycles. The third-order valence-corrected chi connectivity index (χ3v) is 4.13. The zero-order valence-electron chi connectivity index (χ0n) is 9.26. The highest BCUT2D eigenvalue weighted by molar-refractivity contribution is 9.10. The molecule has 2 rings (SSSR count). The van der Waals surface area contributed by atoms with E-state index in [1.165, 1.54) is 0 Å². The van der Waals surface area contributed by atoms with Gasteiger partial charge in [-0.05, 0) is 28.1 Å². The number of nitrogens with zero attached hydrogens (tertiary/aromatic N) is 1. The minimum atomic E-state index is -0.571. The molecule has 0 bridgehead atoms. The summed E-state index contributed by atoms with van der Waals surface area (Å²) in [6.45, 7) is 0. The number of aliphatic hydroxyl groups is 1. The van der Waals surface area contributed by atoms with E-state index in [0.29, 0.717) is 12.2 Å². The van der Waals surface area contributed by atoms with Crippen LogP contribution in [0.2, 0.25) is 0 Å². The van der Waals surface area contributed by atoms with Crippen molar-refractivity contribution in [1.82, 2.24) is 4.98 Å². The standard InChI is InChI=1S/C12H12BrNO2S/c1-16-12-6-14-3-2-10(12)11(15)5-9-4-8(13)7-17-9/h2-4,6-7,11,15H,5H2,1H3. The quantitative estimate of drug-likeness (QED) is 0.942. The second kappa shape index (κ2) is 5.62. The van der Waals surface area contributed by atoms with Crippen LogP contribution in [0.25, 0.3) is 0 Å². The molecule has 0 fully saturated rings. The Kier molecular flexibility index (Phi) is 4.15. The monoisotopic (exact) mass is 313 g/mol. The summed E-state index contributed by atoms with van der Waals surface area (Å²) < 4.78 is 6.23. The van der Waals surface area contributed by atoms with Crippen molar-refractivity contribution in [1.29, 1.82) is 0 Å². The fourth-order valence-electron chi connectivity index (χ4n) is 1.60. The van der Waals surface area contributed by atoms with Crippen molar-refractivity contribution in [3.05, 3.63) is 44.8 Å². The number of ether oxygens (including phenoxy) is 1. The van der Waals surface area contributed by atoms with E-state index in [0.717, 1.165) is 14.9 Å². The van der Waals surface area contributed by atoms with Gasteiger partial charge < -0.3 is 9.84 Å². The maximum Gasteiger partial charge on any atom is 0.142 e. The van der Waals surface area contributed by atoms with E-state index in [-0.39, 0.29) is 0 Å². The lowest BCUT2D eigenvalue weighted by Gasteiger charge is -2.13. The zero-order valence-corrected chi connectivity index (χ0v) is 11.7. The maximum atomic E-state index is 10.2. The molecule has 0 aliphatic carbocycles. The van der Waals surface area contributed by atoms with Gasteiger partial charge in [0.25, 0.3) is 0 Å². The van der Waals surface area contributed by atoms with Gasteiger partial charge in [0.15, 0.2) is 0 Å². The predicted octanol–water partition coefficient (Wildman–Crippen LogP) is 3.19. The van der Waals surface area contributed by atoms with E-state index in [2.05, 4.69) is 20.9 Å². The molecule has 2 aromatic heterocycles. The third-order valence-electron chi connectivity index (χ3n) is 2.41. The summed E-state index contributed by atoms with van der Waals surface area (Å²) in [6, 6.07) is 3.80. The molecule has 0 radical (unpaired) electrons. The van der Waals surface area contributed by atoms with Gasteiger partial charge in [-0.1, -0.05) is 0 Å². The van der Waals surface area contributed by atoms with Crippen LogP contribution in [-0.2, 0) is 6.42 Å². The molecule has 2 heterocycles. The number of methoxy groups -OCH3 is 1. The highest BCUT2D eigenvalue weighted by Gasteiger charge is 2.14. The van der Waals surface area contributed by atoms with Gasteiger partial charge in [0.2, 0.25) is 0 Å². The Labute approximate surface area is 112 Å². The average Bonchev–Trinajstić information content (AvgIpc) is 2.74. The molecule has 0 saturated heterocycles. The van der Waals surface area contributed by atoms with Gasteiger partial charge in [0.05, 0.1) is 19.4 Å². The molecule has 0 spiro atoms.